The molecule has 0 amide bonds. The summed E-state index contributed by atoms with van der Waals surface area (Å²) in [6.07, 6.45) is 4.20. The normalized spacial score (nSPS) is 18.6. The minimum absolute atomic E-state index is 0.0230. The first kappa shape index (κ1) is 80.6. The summed E-state index contributed by atoms with van der Waals surface area (Å²) in [4.78, 5) is 26.8. The molecule has 4 aromatic carbocycles. The van der Waals surface area contributed by atoms with Gasteiger partial charge in [0.1, 0.15) is 70.0 Å². The molecule has 2 N–H and O–H groups in total. The number of benzene rings is 4. The maximum absolute atomic E-state index is 13.4. The SMILES string of the molecule is COCOc1cc(OC)cc(CCC[C@@H]2OC(C)(C)O[C@@H]2C(O)/C=C\C[C@H](C)OCc2ccc(OC)cc2)c1C(=O)OCC[Si](C)(C)C.COCOc1cc(OC)cc(CCC[C@@H]2OC(C)(C)O[C@@H]2C(O)C#CC[C@H](C)OCc2ccc(OC)cc2)c1C(=O)OCC[Si](C)(C)C. The molecule has 2 aliphatic rings. The molecule has 0 aromatic heterocycles. The fraction of sp³-hybridized carbons (Fsp3) is 0.595. The summed E-state index contributed by atoms with van der Waals surface area (Å²) in [5.41, 5.74) is 4.31. The molecule has 0 bridgehead atoms. The molecular weight excluding hydrogens is 1260 g/mol. The molecule has 2 fully saturated rings. The lowest BCUT2D eigenvalue weighted by atomic mass is 9.96. The van der Waals surface area contributed by atoms with Gasteiger partial charge in [0.25, 0.3) is 0 Å². The quantitative estimate of drug-likeness (QED) is 0.0140. The largest absolute Gasteiger partial charge is 0.497 e. The third kappa shape index (κ3) is 28.1. The summed E-state index contributed by atoms with van der Waals surface area (Å²) in [5.74, 6) is 6.83. The van der Waals surface area contributed by atoms with Gasteiger partial charge in [-0.1, -0.05) is 87.5 Å². The van der Waals surface area contributed by atoms with E-state index < -0.39 is 70.2 Å². The minimum Gasteiger partial charge on any atom is -0.497 e. The molecule has 2 heterocycles. The van der Waals surface area contributed by atoms with Crippen LogP contribution in [0.3, 0.4) is 0 Å². The number of aliphatic hydroxyl groups excluding tert-OH is 2. The smallest absolute Gasteiger partial charge is 0.342 e. The zero-order chi connectivity index (χ0) is 70.6. The number of ether oxygens (including phenoxy) is 16. The topological polar surface area (TPSA) is 222 Å². The molecule has 4 aromatic rings. The lowest BCUT2D eigenvalue weighted by Gasteiger charge is -2.21. The minimum atomic E-state index is -1.40. The van der Waals surface area contributed by atoms with Gasteiger partial charge in [0.15, 0.2) is 25.2 Å². The first-order chi connectivity index (χ1) is 45.5. The van der Waals surface area contributed by atoms with Crippen molar-refractivity contribution in [3.63, 3.8) is 0 Å². The molecule has 8 atom stereocenters. The third-order valence-electron chi connectivity index (χ3n) is 15.8. The van der Waals surface area contributed by atoms with Crippen LogP contribution in [-0.2, 0) is 73.4 Å². The van der Waals surface area contributed by atoms with Crippen molar-refractivity contribution >= 4 is 28.1 Å². The molecule has 534 valence electrons. The summed E-state index contributed by atoms with van der Waals surface area (Å²) in [5, 5.41) is 22.2. The van der Waals surface area contributed by atoms with Gasteiger partial charge in [-0.2, -0.15) is 0 Å². The van der Waals surface area contributed by atoms with Crippen molar-refractivity contribution in [2.24, 2.45) is 0 Å². The Morgan fingerprint density at radius 3 is 1.41 bits per heavy atom. The molecule has 2 unspecified atom stereocenters. The van der Waals surface area contributed by atoms with E-state index in [0.29, 0.717) is 112 Å². The Labute approximate surface area is 573 Å². The highest BCUT2D eigenvalue weighted by molar-refractivity contribution is 6.76. The second-order valence-corrected chi connectivity index (χ2v) is 38.7. The maximum Gasteiger partial charge on any atom is 0.342 e. The highest BCUT2D eigenvalue weighted by atomic mass is 28.3. The van der Waals surface area contributed by atoms with E-state index in [2.05, 4.69) is 51.1 Å². The predicted octanol–water partition coefficient (Wildman–Crippen LogP) is 13.3. The molecule has 0 aliphatic carbocycles. The molecule has 22 heteroatoms. The van der Waals surface area contributed by atoms with E-state index in [0.717, 1.165) is 45.8 Å². The van der Waals surface area contributed by atoms with Crippen molar-refractivity contribution in [3.8, 4) is 46.3 Å². The van der Waals surface area contributed by atoms with Crippen molar-refractivity contribution in [2.75, 3.05) is 69.5 Å². The fourth-order valence-corrected chi connectivity index (χ4v) is 12.0. The number of rotatable bonds is 38. The molecule has 0 spiro atoms. The number of aliphatic hydroxyl groups is 2. The fourth-order valence-electron chi connectivity index (χ4n) is 10.6. The van der Waals surface area contributed by atoms with Crippen LogP contribution in [0.2, 0.25) is 51.4 Å². The van der Waals surface area contributed by atoms with Crippen LogP contribution in [0.1, 0.15) is 123 Å². The lowest BCUT2D eigenvalue weighted by molar-refractivity contribution is -0.153. The predicted molar refractivity (Wildman–Crippen MR) is 374 cm³/mol. The standard InChI is InChI=1S/C37H56O10Si.C37H54O10Si/c2*1-26(44-24-27-16-18-29(41-5)19-17-27)12-10-14-31(38)35-32(46-37(2,3)47-35)15-11-13-28-22-30(42-6)23-33(45-25-40-4)34(28)36(39)43-20-21-48(7,8)9/h10,14,16-19,22-23,26,31-32,35,38H,11-13,15,20-21,24-25H2,1-9H3;16-19,22-23,26,31-32,35,38H,11-13,15,20-21,24-25H2,1-9H3/b14-10-;/t2*26-,31?,32-,35+/m00/s1. The number of carbonyl (C=O) groups is 2. The Kier molecular flexibility index (Phi) is 33.2. The van der Waals surface area contributed by atoms with Crippen molar-refractivity contribution in [3.05, 3.63) is 118 Å². The van der Waals surface area contributed by atoms with Gasteiger partial charge in [-0.25, -0.2) is 9.59 Å². The van der Waals surface area contributed by atoms with Crippen LogP contribution in [-0.4, -0.2) is 168 Å². The van der Waals surface area contributed by atoms with Crippen LogP contribution in [0.5, 0.6) is 34.5 Å². The van der Waals surface area contributed by atoms with E-state index in [-0.39, 0.29) is 31.9 Å². The van der Waals surface area contributed by atoms with Crippen molar-refractivity contribution < 1.29 is 95.6 Å². The van der Waals surface area contributed by atoms with Crippen LogP contribution in [0, 0.1) is 11.8 Å². The van der Waals surface area contributed by atoms with Gasteiger partial charge in [-0.05, 0) is 157 Å². The molecule has 0 saturated carbocycles. The van der Waals surface area contributed by atoms with Gasteiger partial charge in [0.2, 0.25) is 0 Å². The van der Waals surface area contributed by atoms with Gasteiger partial charge in [0, 0.05) is 48.9 Å². The second-order valence-electron chi connectivity index (χ2n) is 27.4. The number of methoxy groups -OCH3 is 6. The van der Waals surface area contributed by atoms with Crippen molar-refractivity contribution in [2.45, 2.75) is 218 Å². The van der Waals surface area contributed by atoms with Crippen LogP contribution in [0.25, 0.3) is 0 Å². The second kappa shape index (κ2) is 39.5. The number of aryl methyl sites for hydroxylation is 2. The van der Waals surface area contributed by atoms with E-state index in [9.17, 15) is 19.8 Å². The summed E-state index contributed by atoms with van der Waals surface area (Å²) in [6, 6.07) is 24.3. The van der Waals surface area contributed by atoms with E-state index in [1.807, 2.05) is 108 Å². The van der Waals surface area contributed by atoms with Crippen LogP contribution in [0.4, 0.5) is 0 Å². The van der Waals surface area contributed by atoms with Crippen molar-refractivity contribution in [1.29, 1.82) is 0 Å². The number of esters is 2. The van der Waals surface area contributed by atoms with E-state index in [4.69, 9.17) is 75.8 Å². The Balaban J connectivity index is 0.000000347. The number of hydrogen-bond acceptors (Lipinski definition) is 20. The van der Waals surface area contributed by atoms with E-state index in [1.54, 1.807) is 46.6 Å². The molecule has 20 nitrogen and oxygen atoms in total. The summed E-state index contributed by atoms with van der Waals surface area (Å²) in [7, 11) is 6.67. The van der Waals surface area contributed by atoms with E-state index in [1.165, 1.54) is 14.2 Å². The van der Waals surface area contributed by atoms with E-state index >= 15 is 0 Å². The molecule has 6 rings (SSSR count). The summed E-state index contributed by atoms with van der Waals surface area (Å²) < 4.78 is 91.3. The summed E-state index contributed by atoms with van der Waals surface area (Å²) >= 11 is 0. The Hall–Kier alpha value is -6.05. The first-order valence-corrected chi connectivity index (χ1v) is 40.6. The van der Waals surface area contributed by atoms with Gasteiger partial charge in [-0.15, -0.1) is 0 Å². The lowest BCUT2D eigenvalue weighted by Crippen LogP contribution is -2.34. The molecule has 96 heavy (non-hydrogen) atoms. The van der Waals surface area contributed by atoms with Crippen LogP contribution < -0.4 is 28.4 Å². The summed E-state index contributed by atoms with van der Waals surface area (Å²) in [6.45, 7) is 26.3. The van der Waals surface area contributed by atoms with Gasteiger partial charge in [0.05, 0.1) is 79.3 Å². The van der Waals surface area contributed by atoms with Gasteiger partial charge >= 0.3 is 11.9 Å². The van der Waals surface area contributed by atoms with Crippen molar-refractivity contribution in [1.82, 2.24) is 0 Å². The molecular formula is C74H110O20Si2. The highest BCUT2D eigenvalue weighted by Crippen LogP contribution is 2.38. The Morgan fingerprint density at radius 2 is 0.990 bits per heavy atom. The maximum atomic E-state index is 13.4. The Morgan fingerprint density at radius 1 is 0.573 bits per heavy atom. The molecule has 0 radical (unpaired) electrons. The molecule has 2 saturated heterocycles. The average molecular weight is 1380 g/mol. The van der Waals surface area contributed by atoms with Gasteiger partial charge < -0.3 is 86.0 Å². The van der Waals surface area contributed by atoms with Crippen LogP contribution >= 0.6 is 0 Å². The molecule has 2 aliphatic heterocycles. The first-order valence-electron chi connectivity index (χ1n) is 33.2. The Bertz CT molecular complexity index is 3070. The zero-order valence-corrected chi connectivity index (χ0v) is 62.3. The third-order valence-corrected chi connectivity index (χ3v) is 19.2. The van der Waals surface area contributed by atoms with Crippen LogP contribution in [0.15, 0.2) is 84.9 Å². The zero-order valence-electron chi connectivity index (χ0n) is 60.3. The monoisotopic (exact) mass is 1370 g/mol. The number of hydrogen-bond donors (Lipinski definition) is 2. The highest BCUT2D eigenvalue weighted by Gasteiger charge is 2.45. The number of carbonyl (C=O) groups excluding carboxylic acids is 2. The average Bonchev–Trinajstić information content (AvgIpc) is 1.28. The van der Waals surface area contributed by atoms with Gasteiger partial charge in [-0.3, -0.25) is 0 Å².